The first-order valence-electron chi connectivity index (χ1n) is 7.63. The summed E-state index contributed by atoms with van der Waals surface area (Å²) in [5.74, 6) is 0.168. The summed E-state index contributed by atoms with van der Waals surface area (Å²) in [6, 6.07) is 4.86. The lowest BCUT2D eigenvalue weighted by Crippen LogP contribution is -2.48. The highest BCUT2D eigenvalue weighted by molar-refractivity contribution is 6.35. The second-order valence-corrected chi connectivity index (χ2v) is 6.36. The molecule has 0 spiro atoms. The van der Waals surface area contributed by atoms with Crippen LogP contribution in [0.2, 0.25) is 10.0 Å². The lowest BCUT2D eigenvalue weighted by Gasteiger charge is -2.32. The smallest absolute Gasteiger partial charge is 0.258 e. The minimum atomic E-state index is -0.220. The zero-order chi connectivity index (χ0) is 17.5. The Morgan fingerprint density at radius 2 is 1.96 bits per heavy atom. The van der Waals surface area contributed by atoms with Crippen molar-refractivity contribution in [2.45, 2.75) is 18.9 Å². The summed E-state index contributed by atoms with van der Waals surface area (Å²) in [5.41, 5.74) is 0. The fourth-order valence-electron chi connectivity index (χ4n) is 2.49. The van der Waals surface area contributed by atoms with Crippen LogP contribution >= 0.6 is 23.2 Å². The van der Waals surface area contributed by atoms with Gasteiger partial charge in [0, 0.05) is 31.3 Å². The van der Waals surface area contributed by atoms with Crippen molar-refractivity contribution in [3.63, 3.8) is 0 Å². The number of amides is 2. The maximum absolute atomic E-state index is 12.0. The Hall–Kier alpha value is -1.50. The van der Waals surface area contributed by atoms with Crippen molar-refractivity contribution >= 4 is 35.0 Å². The topological polar surface area (TPSA) is 67.9 Å². The first kappa shape index (κ1) is 18.8. The number of methoxy groups -OCH3 is 1. The van der Waals surface area contributed by atoms with Gasteiger partial charge < -0.3 is 19.7 Å². The van der Waals surface area contributed by atoms with Crippen LogP contribution in [0.1, 0.15) is 12.8 Å². The van der Waals surface area contributed by atoms with Gasteiger partial charge in [0.05, 0.1) is 5.02 Å². The third-order valence-electron chi connectivity index (χ3n) is 3.73. The highest BCUT2D eigenvalue weighted by Gasteiger charge is 2.23. The molecule has 1 saturated heterocycles. The molecule has 2 amide bonds. The minimum absolute atomic E-state index is 0.0250. The quantitative estimate of drug-likeness (QED) is 0.827. The molecule has 0 bridgehead atoms. The van der Waals surface area contributed by atoms with Crippen LogP contribution < -0.4 is 10.1 Å². The molecule has 1 N–H and O–H groups in total. The molecule has 0 saturated carbocycles. The molecule has 1 aromatic rings. The maximum atomic E-state index is 12.0. The lowest BCUT2D eigenvalue weighted by atomic mass is 10.1. The van der Waals surface area contributed by atoms with E-state index >= 15 is 0 Å². The number of carbonyl (C=O) groups excluding carboxylic acids is 2. The molecule has 1 fully saturated rings. The molecule has 132 valence electrons. The standard InChI is InChI=1S/C16H20Cl2N2O4/c1-23-10-16(22)20-6-4-12(5-7-20)19-15(21)9-24-14-3-2-11(17)8-13(14)18/h2-3,8,12H,4-7,9-10H2,1H3,(H,19,21). The molecule has 0 atom stereocenters. The van der Waals surface area contributed by atoms with E-state index in [2.05, 4.69) is 5.32 Å². The van der Waals surface area contributed by atoms with Gasteiger partial charge in [0.15, 0.2) is 6.61 Å². The fraction of sp³-hybridized carbons (Fsp3) is 0.500. The van der Waals surface area contributed by atoms with E-state index in [1.54, 1.807) is 23.1 Å². The van der Waals surface area contributed by atoms with Gasteiger partial charge in [-0.15, -0.1) is 0 Å². The number of carbonyl (C=O) groups is 2. The molecule has 1 aromatic carbocycles. The molecular formula is C16H20Cl2N2O4. The van der Waals surface area contributed by atoms with Crippen molar-refractivity contribution in [3.05, 3.63) is 28.2 Å². The average Bonchev–Trinajstić information content (AvgIpc) is 2.55. The van der Waals surface area contributed by atoms with Crippen molar-refractivity contribution in [1.29, 1.82) is 0 Å². The number of benzene rings is 1. The van der Waals surface area contributed by atoms with Crippen LogP contribution in [-0.2, 0) is 14.3 Å². The minimum Gasteiger partial charge on any atom is -0.482 e. The van der Waals surface area contributed by atoms with Crippen molar-refractivity contribution in [2.75, 3.05) is 33.4 Å². The Morgan fingerprint density at radius 3 is 2.58 bits per heavy atom. The first-order valence-corrected chi connectivity index (χ1v) is 8.39. The number of likely N-dealkylation sites (tertiary alicyclic amines) is 1. The van der Waals surface area contributed by atoms with Gasteiger partial charge in [0.2, 0.25) is 5.91 Å². The van der Waals surface area contributed by atoms with Gasteiger partial charge in [-0.3, -0.25) is 9.59 Å². The largest absolute Gasteiger partial charge is 0.482 e. The molecule has 1 aliphatic heterocycles. The van der Waals surface area contributed by atoms with E-state index in [1.807, 2.05) is 0 Å². The van der Waals surface area contributed by atoms with Gasteiger partial charge in [-0.05, 0) is 31.0 Å². The Labute approximate surface area is 151 Å². The normalized spacial score (nSPS) is 15.2. The molecule has 2 rings (SSSR count). The van der Waals surface area contributed by atoms with E-state index in [0.29, 0.717) is 41.7 Å². The van der Waals surface area contributed by atoms with E-state index in [0.717, 1.165) is 0 Å². The number of rotatable bonds is 6. The first-order chi connectivity index (χ1) is 11.5. The number of nitrogens with one attached hydrogen (secondary N) is 1. The average molecular weight is 375 g/mol. The second kappa shape index (κ2) is 9.11. The van der Waals surface area contributed by atoms with Gasteiger partial charge >= 0.3 is 0 Å². The van der Waals surface area contributed by atoms with Gasteiger partial charge in [0.25, 0.3) is 5.91 Å². The molecule has 1 heterocycles. The van der Waals surface area contributed by atoms with Crippen LogP contribution in [0.3, 0.4) is 0 Å². The number of nitrogens with zero attached hydrogens (tertiary/aromatic N) is 1. The highest BCUT2D eigenvalue weighted by atomic mass is 35.5. The molecule has 0 unspecified atom stereocenters. The molecule has 24 heavy (non-hydrogen) atoms. The van der Waals surface area contributed by atoms with E-state index in [1.165, 1.54) is 7.11 Å². The molecular weight excluding hydrogens is 355 g/mol. The van der Waals surface area contributed by atoms with Crippen LogP contribution in [0.25, 0.3) is 0 Å². The van der Waals surface area contributed by atoms with Crippen molar-refractivity contribution in [2.24, 2.45) is 0 Å². The second-order valence-electron chi connectivity index (χ2n) is 5.52. The number of piperidine rings is 1. The van der Waals surface area contributed by atoms with E-state index in [4.69, 9.17) is 32.7 Å². The van der Waals surface area contributed by atoms with Crippen LogP contribution in [-0.4, -0.2) is 56.2 Å². The zero-order valence-electron chi connectivity index (χ0n) is 13.4. The third kappa shape index (κ3) is 5.54. The predicted octanol–water partition coefficient (Wildman–Crippen LogP) is 2.13. The summed E-state index contributed by atoms with van der Waals surface area (Å²) in [6.07, 6.45) is 1.42. The maximum Gasteiger partial charge on any atom is 0.258 e. The summed E-state index contributed by atoms with van der Waals surface area (Å²) in [6.45, 7) is 1.19. The lowest BCUT2D eigenvalue weighted by molar-refractivity contribution is -0.136. The summed E-state index contributed by atoms with van der Waals surface area (Å²) >= 11 is 11.8. The van der Waals surface area contributed by atoms with Gasteiger partial charge in [-0.25, -0.2) is 0 Å². The molecule has 1 aliphatic rings. The van der Waals surface area contributed by atoms with Crippen LogP contribution in [0.4, 0.5) is 0 Å². The number of ether oxygens (including phenoxy) is 2. The monoisotopic (exact) mass is 374 g/mol. The molecule has 8 heteroatoms. The highest BCUT2D eigenvalue weighted by Crippen LogP contribution is 2.27. The Balaban J connectivity index is 1.73. The summed E-state index contributed by atoms with van der Waals surface area (Å²) in [4.78, 5) is 25.4. The SMILES string of the molecule is COCC(=O)N1CCC(NC(=O)COc2ccc(Cl)cc2Cl)CC1. The van der Waals surface area contributed by atoms with Crippen LogP contribution in [0.5, 0.6) is 5.75 Å². The van der Waals surface area contributed by atoms with E-state index in [-0.39, 0.29) is 31.1 Å². The van der Waals surface area contributed by atoms with Crippen LogP contribution in [0, 0.1) is 0 Å². The number of halogens is 2. The van der Waals surface area contributed by atoms with Crippen molar-refractivity contribution in [3.8, 4) is 5.75 Å². The molecule has 0 radical (unpaired) electrons. The molecule has 0 aliphatic carbocycles. The van der Waals surface area contributed by atoms with Crippen molar-refractivity contribution < 1.29 is 19.1 Å². The molecule has 6 nitrogen and oxygen atoms in total. The Morgan fingerprint density at radius 1 is 1.25 bits per heavy atom. The van der Waals surface area contributed by atoms with E-state index < -0.39 is 0 Å². The third-order valence-corrected chi connectivity index (χ3v) is 4.26. The van der Waals surface area contributed by atoms with Gasteiger partial charge in [-0.1, -0.05) is 23.2 Å². The summed E-state index contributed by atoms with van der Waals surface area (Å²) in [5, 5.41) is 3.78. The Kier molecular flexibility index (Phi) is 7.15. The summed E-state index contributed by atoms with van der Waals surface area (Å²) < 4.78 is 10.2. The number of hydrogen-bond acceptors (Lipinski definition) is 4. The predicted molar refractivity (Wildman–Crippen MR) is 91.6 cm³/mol. The van der Waals surface area contributed by atoms with Crippen molar-refractivity contribution in [1.82, 2.24) is 10.2 Å². The number of hydrogen-bond donors (Lipinski definition) is 1. The van der Waals surface area contributed by atoms with Crippen LogP contribution in [0.15, 0.2) is 18.2 Å². The zero-order valence-corrected chi connectivity index (χ0v) is 14.9. The van der Waals surface area contributed by atoms with Gasteiger partial charge in [0.1, 0.15) is 12.4 Å². The fourth-order valence-corrected chi connectivity index (χ4v) is 2.96. The Bertz CT molecular complexity index is 589. The van der Waals surface area contributed by atoms with E-state index in [9.17, 15) is 9.59 Å². The molecule has 0 aromatic heterocycles. The van der Waals surface area contributed by atoms with Gasteiger partial charge in [-0.2, -0.15) is 0 Å². The summed E-state index contributed by atoms with van der Waals surface area (Å²) in [7, 11) is 1.50.